The van der Waals surface area contributed by atoms with Gasteiger partial charge in [-0.2, -0.15) is 15.5 Å². The van der Waals surface area contributed by atoms with Crippen LogP contribution in [0.15, 0.2) is 28.4 Å². The van der Waals surface area contributed by atoms with Crippen molar-refractivity contribution < 1.29 is 14.6 Å². The van der Waals surface area contributed by atoms with Gasteiger partial charge in [-0.15, -0.1) is 0 Å². The minimum absolute atomic E-state index is 0.384. The molecule has 1 N–H and O–H groups in total. The molecule has 0 aliphatic carbocycles. The first-order valence-corrected chi connectivity index (χ1v) is 4.35. The zero-order chi connectivity index (χ0) is 12.0. The molecule has 6 heteroatoms. The number of benzene rings is 1. The third-order valence-electron chi connectivity index (χ3n) is 1.70. The van der Waals surface area contributed by atoms with E-state index in [9.17, 15) is 4.79 Å². The lowest BCUT2D eigenvalue weighted by atomic mass is 10.2. The summed E-state index contributed by atoms with van der Waals surface area (Å²) in [7, 11) is 1.44. The molecule has 1 rings (SSSR count). The van der Waals surface area contributed by atoms with Crippen molar-refractivity contribution >= 4 is 11.7 Å². The zero-order valence-electron chi connectivity index (χ0n) is 8.54. The van der Waals surface area contributed by atoms with Crippen LogP contribution in [-0.4, -0.2) is 24.7 Å². The van der Waals surface area contributed by atoms with Crippen LogP contribution in [0.5, 0.6) is 5.75 Å². The molecular formula is C10H9N3O3. The van der Waals surface area contributed by atoms with Gasteiger partial charge in [-0.25, -0.2) is 0 Å². The van der Waals surface area contributed by atoms with Crippen LogP contribution in [0.4, 0.5) is 5.69 Å². The van der Waals surface area contributed by atoms with Crippen molar-refractivity contribution in [1.82, 2.24) is 0 Å². The molecule has 0 bridgehead atoms. The topological polar surface area (TPSA) is 95.0 Å². The molecule has 0 heterocycles. The number of ether oxygens (including phenoxy) is 1. The molecule has 0 saturated carbocycles. The number of aliphatic carboxylic acids is 1. The molecular weight excluding hydrogens is 210 g/mol. The Morgan fingerprint density at radius 2 is 2.38 bits per heavy atom. The summed E-state index contributed by atoms with van der Waals surface area (Å²) in [6.45, 7) is -0.387. The SMILES string of the molecule is COc1cc(N=NCC(=O)O)ccc1C#N. The Bertz CT molecular complexity index is 463. The normalized spacial score (nSPS) is 10.0. The fraction of sp³-hybridized carbons (Fsp3) is 0.200. The van der Waals surface area contributed by atoms with Crippen molar-refractivity contribution in [3.63, 3.8) is 0 Å². The van der Waals surface area contributed by atoms with E-state index in [0.717, 1.165) is 0 Å². The van der Waals surface area contributed by atoms with Crippen LogP contribution in [0, 0.1) is 11.3 Å². The van der Waals surface area contributed by atoms with Gasteiger partial charge in [0, 0.05) is 6.07 Å². The van der Waals surface area contributed by atoms with Gasteiger partial charge in [0.1, 0.15) is 11.8 Å². The molecule has 0 radical (unpaired) electrons. The van der Waals surface area contributed by atoms with E-state index >= 15 is 0 Å². The van der Waals surface area contributed by atoms with E-state index in [1.807, 2.05) is 6.07 Å². The van der Waals surface area contributed by atoms with E-state index in [0.29, 0.717) is 17.0 Å². The summed E-state index contributed by atoms with van der Waals surface area (Å²) in [5.41, 5.74) is 0.830. The Balaban J connectivity index is 2.88. The number of carboxylic acid groups (broad SMARTS) is 1. The quantitative estimate of drug-likeness (QED) is 0.780. The number of carboxylic acids is 1. The molecule has 0 aliphatic rings. The third-order valence-corrected chi connectivity index (χ3v) is 1.70. The molecule has 0 aliphatic heterocycles. The monoisotopic (exact) mass is 219 g/mol. The van der Waals surface area contributed by atoms with E-state index in [1.165, 1.54) is 19.2 Å². The highest BCUT2D eigenvalue weighted by Crippen LogP contribution is 2.24. The van der Waals surface area contributed by atoms with Crippen molar-refractivity contribution in [3.05, 3.63) is 23.8 Å². The Morgan fingerprint density at radius 1 is 1.62 bits per heavy atom. The molecule has 0 saturated heterocycles. The van der Waals surface area contributed by atoms with Gasteiger partial charge in [0.25, 0.3) is 0 Å². The van der Waals surface area contributed by atoms with E-state index < -0.39 is 5.97 Å². The number of hydrogen-bond acceptors (Lipinski definition) is 5. The summed E-state index contributed by atoms with van der Waals surface area (Å²) < 4.78 is 4.96. The van der Waals surface area contributed by atoms with E-state index in [4.69, 9.17) is 15.1 Å². The van der Waals surface area contributed by atoms with Crippen LogP contribution < -0.4 is 4.74 Å². The van der Waals surface area contributed by atoms with Crippen molar-refractivity contribution in [3.8, 4) is 11.8 Å². The summed E-state index contributed by atoms with van der Waals surface area (Å²) in [6, 6.07) is 6.57. The first-order valence-electron chi connectivity index (χ1n) is 4.35. The summed E-state index contributed by atoms with van der Waals surface area (Å²) in [5.74, 6) is -0.668. The summed E-state index contributed by atoms with van der Waals surface area (Å²) in [5, 5.41) is 24.2. The molecule has 0 unspecified atom stereocenters. The predicted molar refractivity (Wildman–Crippen MR) is 54.7 cm³/mol. The van der Waals surface area contributed by atoms with Crippen molar-refractivity contribution in [2.75, 3.05) is 13.7 Å². The minimum Gasteiger partial charge on any atom is -0.495 e. The number of azo groups is 1. The highest BCUT2D eigenvalue weighted by Gasteiger charge is 2.02. The predicted octanol–water partition coefficient (Wildman–Crippen LogP) is 1.74. The Morgan fingerprint density at radius 3 is 2.94 bits per heavy atom. The second-order valence-corrected chi connectivity index (χ2v) is 2.79. The minimum atomic E-state index is -1.05. The number of hydrogen-bond donors (Lipinski definition) is 1. The van der Waals surface area contributed by atoms with Crippen LogP contribution in [0.1, 0.15) is 5.56 Å². The van der Waals surface area contributed by atoms with Crippen molar-refractivity contribution in [2.24, 2.45) is 10.2 Å². The van der Waals surface area contributed by atoms with Crippen LogP contribution in [0.3, 0.4) is 0 Å². The molecule has 1 aromatic carbocycles. The van der Waals surface area contributed by atoms with Gasteiger partial charge in [0.15, 0.2) is 6.54 Å². The van der Waals surface area contributed by atoms with Crippen molar-refractivity contribution in [2.45, 2.75) is 0 Å². The van der Waals surface area contributed by atoms with Crippen LogP contribution in [0.25, 0.3) is 0 Å². The summed E-state index contributed by atoms with van der Waals surface area (Å²) in [6.07, 6.45) is 0. The molecule has 82 valence electrons. The molecule has 0 amide bonds. The first-order chi connectivity index (χ1) is 7.67. The van der Waals surface area contributed by atoms with Crippen LogP contribution in [-0.2, 0) is 4.79 Å². The summed E-state index contributed by atoms with van der Waals surface area (Å²) >= 11 is 0. The first kappa shape index (κ1) is 11.7. The maximum atomic E-state index is 10.2. The Labute approximate surface area is 91.8 Å². The lowest BCUT2D eigenvalue weighted by Crippen LogP contribution is -1.97. The highest BCUT2D eigenvalue weighted by atomic mass is 16.5. The third kappa shape index (κ3) is 3.06. The van der Waals surface area contributed by atoms with Gasteiger partial charge in [-0.1, -0.05) is 0 Å². The largest absolute Gasteiger partial charge is 0.495 e. The lowest BCUT2D eigenvalue weighted by molar-refractivity contribution is -0.135. The zero-order valence-corrected chi connectivity index (χ0v) is 8.54. The van der Waals surface area contributed by atoms with E-state index in [1.54, 1.807) is 6.07 Å². The second kappa shape index (κ2) is 5.46. The Kier molecular flexibility index (Phi) is 3.98. The Hall–Kier alpha value is -2.42. The van der Waals surface area contributed by atoms with E-state index in [2.05, 4.69) is 10.2 Å². The maximum absolute atomic E-state index is 10.2. The number of methoxy groups -OCH3 is 1. The van der Waals surface area contributed by atoms with E-state index in [-0.39, 0.29) is 6.54 Å². The molecule has 0 fully saturated rings. The number of nitrogens with zero attached hydrogens (tertiary/aromatic N) is 3. The van der Waals surface area contributed by atoms with Gasteiger partial charge < -0.3 is 9.84 Å². The molecule has 0 aromatic heterocycles. The second-order valence-electron chi connectivity index (χ2n) is 2.79. The van der Waals surface area contributed by atoms with Gasteiger partial charge >= 0.3 is 5.97 Å². The number of nitriles is 1. The molecule has 16 heavy (non-hydrogen) atoms. The highest BCUT2D eigenvalue weighted by molar-refractivity contribution is 5.69. The smallest absolute Gasteiger partial charge is 0.327 e. The number of rotatable bonds is 4. The van der Waals surface area contributed by atoms with Gasteiger partial charge in [-0.3, -0.25) is 4.79 Å². The molecule has 0 spiro atoms. The molecule has 1 aromatic rings. The number of carbonyl (C=O) groups is 1. The van der Waals surface area contributed by atoms with Crippen LogP contribution >= 0.6 is 0 Å². The lowest BCUT2D eigenvalue weighted by Gasteiger charge is -2.01. The van der Waals surface area contributed by atoms with Gasteiger partial charge in [-0.05, 0) is 12.1 Å². The van der Waals surface area contributed by atoms with Gasteiger partial charge in [0.05, 0.1) is 18.4 Å². The fourth-order valence-electron chi connectivity index (χ4n) is 1.01. The van der Waals surface area contributed by atoms with Gasteiger partial charge in [0.2, 0.25) is 0 Å². The maximum Gasteiger partial charge on any atom is 0.327 e. The standard InChI is InChI=1S/C10H9N3O3/c1-16-9-4-8(3-2-7(9)5-11)13-12-6-10(14)15/h2-4H,6H2,1H3,(H,14,15). The average molecular weight is 219 g/mol. The molecule has 0 atom stereocenters. The summed E-state index contributed by atoms with van der Waals surface area (Å²) in [4.78, 5) is 10.2. The average Bonchev–Trinajstić information content (AvgIpc) is 2.28. The van der Waals surface area contributed by atoms with Crippen molar-refractivity contribution in [1.29, 1.82) is 5.26 Å². The van der Waals surface area contributed by atoms with Crippen LogP contribution in [0.2, 0.25) is 0 Å². The fourth-order valence-corrected chi connectivity index (χ4v) is 1.01. The molecule has 6 nitrogen and oxygen atoms in total.